The molecule has 2 heteroatoms. The first kappa shape index (κ1) is 13.6. The van der Waals surface area contributed by atoms with Crippen molar-refractivity contribution in [2.24, 2.45) is 0 Å². The number of nitrogens with zero attached hydrogens (tertiary/aromatic N) is 1. The van der Waals surface area contributed by atoms with Crippen LogP contribution in [0.3, 0.4) is 0 Å². The molecule has 100 valence electrons. The molecule has 0 amide bonds. The fraction of sp³-hybridized carbons (Fsp3) is 0.353. The van der Waals surface area contributed by atoms with Crippen LogP contribution in [-0.4, -0.2) is 11.6 Å². The molecule has 2 rings (SSSR count). The van der Waals surface area contributed by atoms with Crippen LogP contribution in [0.25, 0.3) is 0 Å². The van der Waals surface area contributed by atoms with Gasteiger partial charge in [-0.2, -0.15) is 0 Å². The Labute approximate surface area is 115 Å². The molecular formula is C17H21NO. The highest BCUT2D eigenvalue weighted by Crippen LogP contribution is 2.24. The third-order valence-electron chi connectivity index (χ3n) is 3.25. The van der Waals surface area contributed by atoms with Gasteiger partial charge in [-0.3, -0.25) is 4.98 Å². The molecule has 0 spiro atoms. The number of benzene rings is 1. The lowest BCUT2D eigenvalue weighted by Gasteiger charge is -2.12. The van der Waals surface area contributed by atoms with Crippen LogP contribution in [0.5, 0.6) is 5.75 Å². The van der Waals surface area contributed by atoms with E-state index in [1.54, 1.807) is 6.20 Å². The van der Waals surface area contributed by atoms with Crippen LogP contribution in [0.1, 0.15) is 36.5 Å². The van der Waals surface area contributed by atoms with E-state index in [2.05, 4.69) is 50.0 Å². The topological polar surface area (TPSA) is 22.1 Å². The van der Waals surface area contributed by atoms with E-state index in [1.807, 2.05) is 12.3 Å². The van der Waals surface area contributed by atoms with E-state index in [0.717, 1.165) is 12.2 Å². The first-order valence-corrected chi connectivity index (χ1v) is 6.79. The SMILES string of the molecule is Cc1ccc(C(C)C)cc1OCCc1cccnc1. The highest BCUT2D eigenvalue weighted by Gasteiger charge is 2.04. The van der Waals surface area contributed by atoms with Gasteiger partial charge >= 0.3 is 0 Å². The molecule has 0 fully saturated rings. The molecule has 0 bridgehead atoms. The summed E-state index contributed by atoms with van der Waals surface area (Å²) in [7, 11) is 0. The molecule has 0 radical (unpaired) electrons. The summed E-state index contributed by atoms with van der Waals surface area (Å²) in [5.41, 5.74) is 3.72. The second-order valence-electron chi connectivity index (χ2n) is 5.14. The Morgan fingerprint density at radius 2 is 2.05 bits per heavy atom. The Bertz CT molecular complexity index is 520. The summed E-state index contributed by atoms with van der Waals surface area (Å²) in [6, 6.07) is 10.5. The fourth-order valence-corrected chi connectivity index (χ4v) is 1.96. The summed E-state index contributed by atoms with van der Waals surface area (Å²) in [5, 5.41) is 0. The normalized spacial score (nSPS) is 10.7. The summed E-state index contributed by atoms with van der Waals surface area (Å²) in [4.78, 5) is 4.11. The van der Waals surface area contributed by atoms with Crippen LogP contribution in [-0.2, 0) is 6.42 Å². The van der Waals surface area contributed by atoms with E-state index in [1.165, 1.54) is 16.7 Å². The summed E-state index contributed by atoms with van der Waals surface area (Å²) < 4.78 is 5.90. The molecule has 2 aromatic rings. The maximum Gasteiger partial charge on any atom is 0.122 e. The van der Waals surface area contributed by atoms with Crippen molar-refractivity contribution in [2.45, 2.75) is 33.1 Å². The van der Waals surface area contributed by atoms with Crippen LogP contribution in [0.2, 0.25) is 0 Å². The molecule has 0 aliphatic carbocycles. The number of rotatable bonds is 5. The molecule has 0 N–H and O–H groups in total. The van der Waals surface area contributed by atoms with Crippen molar-refractivity contribution in [1.82, 2.24) is 4.98 Å². The highest BCUT2D eigenvalue weighted by atomic mass is 16.5. The Hall–Kier alpha value is -1.83. The molecule has 0 aliphatic rings. The summed E-state index contributed by atoms with van der Waals surface area (Å²) in [6.45, 7) is 7.17. The fourth-order valence-electron chi connectivity index (χ4n) is 1.96. The minimum Gasteiger partial charge on any atom is -0.493 e. The minimum atomic E-state index is 0.529. The maximum atomic E-state index is 5.90. The van der Waals surface area contributed by atoms with E-state index in [0.29, 0.717) is 12.5 Å². The van der Waals surface area contributed by atoms with Gasteiger partial charge in [-0.15, -0.1) is 0 Å². The molecular weight excluding hydrogens is 234 g/mol. The number of hydrogen-bond acceptors (Lipinski definition) is 2. The molecule has 2 nitrogen and oxygen atoms in total. The molecule has 0 saturated heterocycles. The van der Waals surface area contributed by atoms with Crippen LogP contribution in [0.4, 0.5) is 0 Å². The predicted molar refractivity (Wildman–Crippen MR) is 78.7 cm³/mol. The van der Waals surface area contributed by atoms with Crippen molar-refractivity contribution in [1.29, 1.82) is 0 Å². The Kier molecular flexibility index (Phi) is 4.56. The van der Waals surface area contributed by atoms with Crippen LogP contribution in [0.15, 0.2) is 42.7 Å². The van der Waals surface area contributed by atoms with E-state index in [4.69, 9.17) is 4.74 Å². The monoisotopic (exact) mass is 255 g/mol. The molecule has 1 heterocycles. The van der Waals surface area contributed by atoms with Crippen LogP contribution >= 0.6 is 0 Å². The lowest BCUT2D eigenvalue weighted by atomic mass is 10.0. The van der Waals surface area contributed by atoms with Gasteiger partial charge < -0.3 is 4.74 Å². The summed E-state index contributed by atoms with van der Waals surface area (Å²) in [5.74, 6) is 1.52. The Balaban J connectivity index is 1.97. The first-order chi connectivity index (χ1) is 9.16. The second kappa shape index (κ2) is 6.37. The number of hydrogen-bond donors (Lipinski definition) is 0. The third-order valence-corrected chi connectivity index (χ3v) is 3.25. The smallest absolute Gasteiger partial charge is 0.122 e. The van der Waals surface area contributed by atoms with Gasteiger partial charge in [0.25, 0.3) is 0 Å². The standard InChI is InChI=1S/C17H21NO/c1-13(2)16-7-6-14(3)17(11-16)19-10-8-15-5-4-9-18-12-15/h4-7,9,11-13H,8,10H2,1-3H3. The molecule has 1 aromatic carbocycles. The van der Waals surface area contributed by atoms with Gasteiger partial charge in [-0.1, -0.05) is 32.0 Å². The molecule has 0 aliphatic heterocycles. The van der Waals surface area contributed by atoms with E-state index >= 15 is 0 Å². The lowest BCUT2D eigenvalue weighted by Crippen LogP contribution is -2.03. The third kappa shape index (κ3) is 3.82. The number of pyridine rings is 1. The Morgan fingerprint density at radius 1 is 1.21 bits per heavy atom. The van der Waals surface area contributed by atoms with Crippen molar-refractivity contribution in [2.75, 3.05) is 6.61 Å². The van der Waals surface area contributed by atoms with Gasteiger partial charge in [-0.25, -0.2) is 0 Å². The average Bonchev–Trinajstić information content (AvgIpc) is 2.42. The predicted octanol–water partition coefficient (Wildman–Crippen LogP) is 4.13. The van der Waals surface area contributed by atoms with E-state index in [-0.39, 0.29) is 0 Å². The maximum absolute atomic E-state index is 5.90. The largest absolute Gasteiger partial charge is 0.493 e. The molecule has 19 heavy (non-hydrogen) atoms. The van der Waals surface area contributed by atoms with Crippen LogP contribution in [0, 0.1) is 6.92 Å². The zero-order valence-electron chi connectivity index (χ0n) is 11.9. The van der Waals surface area contributed by atoms with E-state index in [9.17, 15) is 0 Å². The van der Waals surface area contributed by atoms with Crippen molar-refractivity contribution >= 4 is 0 Å². The number of aromatic nitrogens is 1. The molecule has 0 atom stereocenters. The van der Waals surface area contributed by atoms with Crippen LogP contribution < -0.4 is 4.74 Å². The van der Waals surface area contributed by atoms with Gasteiger partial charge in [0, 0.05) is 18.8 Å². The minimum absolute atomic E-state index is 0.529. The van der Waals surface area contributed by atoms with Crippen molar-refractivity contribution < 1.29 is 4.74 Å². The highest BCUT2D eigenvalue weighted by molar-refractivity contribution is 5.37. The van der Waals surface area contributed by atoms with E-state index < -0.39 is 0 Å². The molecule has 0 unspecified atom stereocenters. The lowest BCUT2D eigenvalue weighted by molar-refractivity contribution is 0.319. The quantitative estimate of drug-likeness (QED) is 0.801. The van der Waals surface area contributed by atoms with Gasteiger partial charge in [0.05, 0.1) is 6.61 Å². The zero-order valence-corrected chi connectivity index (χ0v) is 11.9. The van der Waals surface area contributed by atoms with Gasteiger partial charge in [0.1, 0.15) is 5.75 Å². The summed E-state index contributed by atoms with van der Waals surface area (Å²) in [6.07, 6.45) is 4.57. The summed E-state index contributed by atoms with van der Waals surface area (Å²) >= 11 is 0. The van der Waals surface area contributed by atoms with Gasteiger partial charge in [0.2, 0.25) is 0 Å². The molecule has 1 aromatic heterocycles. The van der Waals surface area contributed by atoms with Gasteiger partial charge in [-0.05, 0) is 41.7 Å². The number of aryl methyl sites for hydroxylation is 1. The van der Waals surface area contributed by atoms with Crippen molar-refractivity contribution in [3.05, 3.63) is 59.4 Å². The number of ether oxygens (including phenoxy) is 1. The average molecular weight is 255 g/mol. The van der Waals surface area contributed by atoms with Crippen molar-refractivity contribution in [3.63, 3.8) is 0 Å². The zero-order chi connectivity index (χ0) is 13.7. The molecule has 0 saturated carbocycles. The first-order valence-electron chi connectivity index (χ1n) is 6.79. The Morgan fingerprint density at radius 3 is 2.74 bits per heavy atom. The second-order valence-corrected chi connectivity index (χ2v) is 5.14. The van der Waals surface area contributed by atoms with Crippen molar-refractivity contribution in [3.8, 4) is 5.75 Å². The van der Waals surface area contributed by atoms with Gasteiger partial charge in [0.15, 0.2) is 0 Å².